The summed E-state index contributed by atoms with van der Waals surface area (Å²) >= 11 is 0. The third kappa shape index (κ3) is 3.41. The van der Waals surface area contributed by atoms with Crippen molar-refractivity contribution < 1.29 is 51.0 Å². The zero-order valence-corrected chi connectivity index (χ0v) is 16.7. The van der Waals surface area contributed by atoms with Gasteiger partial charge in [-0.3, -0.25) is 11.1 Å². The second-order valence-corrected chi connectivity index (χ2v) is 5.93. The first-order chi connectivity index (χ1) is 9.43. The van der Waals surface area contributed by atoms with Crippen LogP contribution >= 0.6 is 8.19 Å². The van der Waals surface area contributed by atoms with E-state index in [2.05, 4.69) is 59.4 Å². The van der Waals surface area contributed by atoms with E-state index >= 15 is 0 Å². The molecule has 1 aromatic carbocycles. The maximum Gasteiger partial charge on any atom is 3.00 e. The molecule has 2 unspecified atom stereocenters. The first-order valence-corrected chi connectivity index (χ1v) is 7.59. The molecule has 0 N–H and O–H groups in total. The molecule has 1 aromatic heterocycles. The van der Waals surface area contributed by atoms with Crippen LogP contribution in [-0.4, -0.2) is 4.98 Å². The molecule has 1 nitrogen and oxygen atoms in total. The van der Waals surface area contributed by atoms with Gasteiger partial charge in [-0.15, -0.1) is 14.6 Å². The van der Waals surface area contributed by atoms with Gasteiger partial charge >= 0.3 is 26.2 Å². The molecule has 2 aliphatic carbocycles. The fraction of sp³-hybridized carbons (Fsp3) is 0.118. The molecule has 2 atom stereocenters. The van der Waals surface area contributed by atoms with E-state index in [0.29, 0.717) is 14.1 Å². The fourth-order valence-corrected chi connectivity index (χ4v) is 3.75. The normalized spacial score (nSPS) is 17.9. The van der Waals surface area contributed by atoms with Gasteiger partial charge in [0.05, 0.1) is 5.43 Å². The monoisotopic (exact) mass is 422 g/mol. The van der Waals surface area contributed by atoms with Gasteiger partial charge in [-0.05, 0) is 28.6 Å². The number of benzene rings is 1. The predicted octanol–water partition coefficient (Wildman–Crippen LogP) is -1.55. The third-order valence-corrected chi connectivity index (χ3v) is 4.74. The minimum Gasteiger partial charge on any atom is -1.00 e. The summed E-state index contributed by atoms with van der Waals surface area (Å²) in [5.74, 6) is 2.49. The van der Waals surface area contributed by atoms with Gasteiger partial charge in [0.15, 0.2) is 0 Å². The van der Waals surface area contributed by atoms with Gasteiger partial charge in [0.1, 0.15) is 0 Å². The van der Waals surface area contributed by atoms with Crippen molar-refractivity contribution in [3.8, 4) is 0 Å². The molecule has 0 saturated heterocycles. The van der Waals surface area contributed by atoms with Gasteiger partial charge in [-0.2, -0.15) is 6.08 Å². The molecule has 1 radical (unpaired) electrons. The topological polar surface area (TPSA) is 12.9 Å². The van der Waals surface area contributed by atoms with E-state index in [1.165, 1.54) is 27.7 Å². The van der Waals surface area contributed by atoms with Gasteiger partial charge in [-0.25, -0.2) is 11.6 Å². The smallest absolute Gasteiger partial charge is 1.00 e. The summed E-state index contributed by atoms with van der Waals surface area (Å²) in [6.07, 6.45) is 13.1. The van der Waals surface area contributed by atoms with Crippen molar-refractivity contribution in [2.75, 3.05) is 0 Å². The number of allylic oxidation sites excluding steroid dienone is 5. The van der Waals surface area contributed by atoms with E-state index in [9.17, 15) is 0 Å². The zero-order valence-electron chi connectivity index (χ0n) is 11.7. The molecule has 5 heteroatoms. The molecule has 0 saturated carbocycles. The Balaban J connectivity index is 0.000000807. The van der Waals surface area contributed by atoms with Crippen molar-refractivity contribution in [1.29, 1.82) is 0 Å². The SMILES string of the molecule is [C-]1=C(C2C(c3ncc[pH]3)=Cc3ccccc32)C=CC1.[Cl-].[Cl-].[Zr+3]. The van der Waals surface area contributed by atoms with E-state index < -0.39 is 0 Å². The van der Waals surface area contributed by atoms with Crippen LogP contribution in [0.15, 0.2) is 54.0 Å². The second kappa shape index (κ2) is 8.46. The Hall–Kier alpha value is -0.387. The first-order valence-electron chi connectivity index (χ1n) is 6.51. The number of rotatable bonds is 2. The van der Waals surface area contributed by atoms with E-state index in [1.54, 1.807) is 0 Å². The number of aromatic nitrogens is 1. The van der Waals surface area contributed by atoms with Gasteiger partial charge < -0.3 is 24.8 Å². The molecule has 2 aromatic rings. The van der Waals surface area contributed by atoms with Crippen LogP contribution in [0.3, 0.4) is 0 Å². The summed E-state index contributed by atoms with van der Waals surface area (Å²) in [6.45, 7) is 0. The molecule has 0 bridgehead atoms. The molecule has 0 spiro atoms. The van der Waals surface area contributed by atoms with Crippen LogP contribution < -0.4 is 24.8 Å². The van der Waals surface area contributed by atoms with Gasteiger partial charge in [-0.1, -0.05) is 24.3 Å². The molecular formula is C17H13Cl2NPZr. The molecule has 0 fully saturated rings. The van der Waals surface area contributed by atoms with Crippen LogP contribution in [0, 0.1) is 6.08 Å². The van der Waals surface area contributed by atoms with Crippen molar-refractivity contribution in [3.05, 3.63) is 76.6 Å². The summed E-state index contributed by atoms with van der Waals surface area (Å²) in [6, 6.07) is 8.66. The van der Waals surface area contributed by atoms with E-state index in [-0.39, 0.29) is 51.0 Å². The first kappa shape index (κ1) is 19.7. The Morgan fingerprint density at radius 3 is 2.68 bits per heavy atom. The van der Waals surface area contributed by atoms with Crippen molar-refractivity contribution >= 4 is 19.8 Å². The van der Waals surface area contributed by atoms with Crippen molar-refractivity contribution in [1.82, 2.24) is 4.98 Å². The van der Waals surface area contributed by atoms with Crippen LogP contribution in [0.4, 0.5) is 0 Å². The predicted molar refractivity (Wildman–Crippen MR) is 81.3 cm³/mol. The maximum atomic E-state index is 4.54. The van der Waals surface area contributed by atoms with Crippen LogP contribution in [0.1, 0.15) is 28.9 Å². The number of fused-ring (bicyclic) bond motifs is 1. The van der Waals surface area contributed by atoms with Gasteiger partial charge in [0, 0.05) is 12.1 Å². The largest absolute Gasteiger partial charge is 3.00 e. The summed E-state index contributed by atoms with van der Waals surface area (Å²) in [7, 11) is 0.699. The Labute approximate surface area is 164 Å². The molecule has 1 heterocycles. The van der Waals surface area contributed by atoms with Gasteiger partial charge in [0.2, 0.25) is 0 Å². The molecule has 0 aliphatic heterocycles. The molecule has 2 aliphatic rings. The van der Waals surface area contributed by atoms with E-state index in [4.69, 9.17) is 0 Å². The standard InChI is InChI=1S/C17H13NP.2ClH.Zr/c1-2-6-12(5-1)16-14-8-4-3-7-13(14)11-15(16)17-18-9-10-19-17;;;/h1,3-5,7-11,16,19H,2H2;2*1H;/q-1;;;+3/p-2. The average Bonchev–Trinajstić information content (AvgIpc) is 3.17. The van der Waals surface area contributed by atoms with Crippen LogP contribution in [0.5, 0.6) is 0 Å². The van der Waals surface area contributed by atoms with Crippen LogP contribution in [0.2, 0.25) is 0 Å². The minimum absolute atomic E-state index is 0. The Bertz CT molecular complexity index is 720. The van der Waals surface area contributed by atoms with E-state index in [0.717, 1.165) is 6.42 Å². The number of halogens is 2. The third-order valence-electron chi connectivity index (χ3n) is 3.73. The quantitative estimate of drug-likeness (QED) is 0.532. The van der Waals surface area contributed by atoms with Crippen molar-refractivity contribution in [3.63, 3.8) is 0 Å². The summed E-state index contributed by atoms with van der Waals surface area (Å²) < 4.78 is 0. The number of hydrogen-bond donors (Lipinski definition) is 0. The zero-order chi connectivity index (χ0) is 12.7. The maximum absolute atomic E-state index is 4.54. The van der Waals surface area contributed by atoms with E-state index in [1.807, 2.05) is 6.20 Å². The van der Waals surface area contributed by atoms with Crippen molar-refractivity contribution in [2.45, 2.75) is 12.3 Å². The average molecular weight is 424 g/mol. The Morgan fingerprint density at radius 2 is 2.00 bits per heavy atom. The molecular weight excluding hydrogens is 411 g/mol. The van der Waals surface area contributed by atoms with Gasteiger partial charge in [0.25, 0.3) is 0 Å². The van der Waals surface area contributed by atoms with Crippen LogP contribution in [0.25, 0.3) is 11.6 Å². The molecule has 4 rings (SSSR count). The number of hydrogen-bond acceptors (Lipinski definition) is 1. The Kier molecular flexibility index (Phi) is 7.56. The fourth-order valence-electron chi connectivity index (χ4n) is 2.91. The van der Waals surface area contributed by atoms with Crippen molar-refractivity contribution in [2.24, 2.45) is 0 Å². The Morgan fingerprint density at radius 1 is 1.18 bits per heavy atom. The summed E-state index contributed by atoms with van der Waals surface area (Å²) in [4.78, 5) is 4.54. The number of nitrogens with zero attached hydrogens (tertiary/aromatic N) is 1. The molecule has 0 amide bonds. The summed E-state index contributed by atoms with van der Waals surface area (Å²) in [5.41, 5.74) is 6.62. The molecule has 109 valence electrons. The molecule has 22 heavy (non-hydrogen) atoms. The van der Waals surface area contributed by atoms with Crippen LogP contribution in [-0.2, 0) is 26.2 Å². The summed E-state index contributed by atoms with van der Waals surface area (Å²) in [5, 5.41) is 0. The second-order valence-electron chi connectivity index (χ2n) is 4.84. The minimum atomic E-state index is 0.